The lowest BCUT2D eigenvalue weighted by atomic mass is 10.2. The first-order valence-electron chi connectivity index (χ1n) is 8.55. The number of hydrogen-bond donors (Lipinski definition) is 1. The van der Waals surface area contributed by atoms with Gasteiger partial charge < -0.3 is 14.4 Å². The third-order valence-corrected chi connectivity index (χ3v) is 4.22. The highest BCUT2D eigenvalue weighted by atomic mass is 16.5. The van der Waals surface area contributed by atoms with E-state index in [4.69, 9.17) is 4.74 Å². The number of nitrogens with zero attached hydrogens (tertiary/aromatic N) is 2. The van der Waals surface area contributed by atoms with Crippen LogP contribution in [0, 0.1) is 0 Å². The summed E-state index contributed by atoms with van der Waals surface area (Å²) in [7, 11) is 0. The van der Waals surface area contributed by atoms with E-state index in [1.54, 1.807) is 0 Å². The molecule has 4 heteroatoms. The molecule has 0 unspecified atom stereocenters. The zero-order valence-electron chi connectivity index (χ0n) is 14.3. The number of benzene rings is 2. The minimum Gasteiger partial charge on any atom is -0.491 e. The van der Waals surface area contributed by atoms with Crippen LogP contribution in [0.3, 0.4) is 0 Å². The minimum atomic E-state index is -0.584. The Morgan fingerprint density at radius 2 is 1.79 bits per heavy atom. The molecule has 0 aliphatic carbocycles. The average Bonchev–Trinajstić information content (AvgIpc) is 2.98. The highest BCUT2D eigenvalue weighted by Crippen LogP contribution is 2.18. The number of imidazole rings is 1. The minimum absolute atomic E-state index is 0.265. The molecule has 4 nitrogen and oxygen atoms in total. The first kappa shape index (κ1) is 16.5. The predicted octanol–water partition coefficient (Wildman–Crippen LogP) is 3.60. The molecule has 0 aliphatic rings. The zero-order valence-corrected chi connectivity index (χ0v) is 14.3. The molecule has 126 valence electrons. The standard InChI is InChI=1S/C20H24N2O2/c1-3-15-9-11-17(12-10-15)24-14-16(23)13-22-19-8-6-5-7-18(19)21-20(22)4-2/h5-12,16,23H,3-4,13-14H2,1-2H3/t16-/m1/s1. The van der Waals surface area contributed by atoms with Crippen LogP contribution in [0.15, 0.2) is 48.5 Å². The lowest BCUT2D eigenvalue weighted by Crippen LogP contribution is -2.24. The molecule has 24 heavy (non-hydrogen) atoms. The smallest absolute Gasteiger partial charge is 0.119 e. The Kier molecular flexibility index (Phi) is 5.16. The van der Waals surface area contributed by atoms with E-state index >= 15 is 0 Å². The first-order chi connectivity index (χ1) is 11.7. The third-order valence-electron chi connectivity index (χ3n) is 4.22. The SMILES string of the molecule is CCc1ccc(OC[C@H](O)Cn2c(CC)nc3ccccc32)cc1. The van der Waals surface area contributed by atoms with Crippen LogP contribution in [-0.2, 0) is 19.4 Å². The van der Waals surface area contributed by atoms with Gasteiger partial charge in [-0.2, -0.15) is 0 Å². The summed E-state index contributed by atoms with van der Waals surface area (Å²) >= 11 is 0. The topological polar surface area (TPSA) is 47.3 Å². The van der Waals surface area contributed by atoms with Crippen molar-refractivity contribution in [1.29, 1.82) is 0 Å². The summed E-state index contributed by atoms with van der Waals surface area (Å²) in [6.45, 7) is 4.95. The van der Waals surface area contributed by atoms with Crippen molar-refractivity contribution in [3.05, 3.63) is 59.9 Å². The Labute approximate surface area is 142 Å². The number of aliphatic hydroxyl groups excluding tert-OH is 1. The largest absolute Gasteiger partial charge is 0.491 e. The van der Waals surface area contributed by atoms with Gasteiger partial charge in [0.2, 0.25) is 0 Å². The van der Waals surface area contributed by atoms with Gasteiger partial charge in [0, 0.05) is 6.42 Å². The predicted molar refractivity (Wildman–Crippen MR) is 96.4 cm³/mol. The summed E-state index contributed by atoms with van der Waals surface area (Å²) in [6.07, 6.45) is 1.26. The number of aromatic nitrogens is 2. The Morgan fingerprint density at radius 3 is 2.50 bits per heavy atom. The van der Waals surface area contributed by atoms with Crippen LogP contribution in [0.25, 0.3) is 11.0 Å². The molecule has 0 spiro atoms. The van der Waals surface area contributed by atoms with E-state index in [1.165, 1.54) is 5.56 Å². The van der Waals surface area contributed by atoms with Gasteiger partial charge in [-0.1, -0.05) is 38.1 Å². The fourth-order valence-corrected chi connectivity index (χ4v) is 2.88. The molecule has 3 rings (SSSR count). The lowest BCUT2D eigenvalue weighted by Gasteiger charge is -2.15. The molecule has 0 bridgehead atoms. The summed E-state index contributed by atoms with van der Waals surface area (Å²) in [4.78, 5) is 4.63. The number of fused-ring (bicyclic) bond motifs is 1. The lowest BCUT2D eigenvalue weighted by molar-refractivity contribution is 0.0927. The highest BCUT2D eigenvalue weighted by Gasteiger charge is 2.13. The van der Waals surface area contributed by atoms with E-state index < -0.39 is 6.10 Å². The van der Waals surface area contributed by atoms with Crippen molar-refractivity contribution in [3.63, 3.8) is 0 Å². The van der Waals surface area contributed by atoms with Crippen molar-refractivity contribution < 1.29 is 9.84 Å². The van der Waals surface area contributed by atoms with Gasteiger partial charge in [0.1, 0.15) is 24.3 Å². The summed E-state index contributed by atoms with van der Waals surface area (Å²) in [5.74, 6) is 1.78. The van der Waals surface area contributed by atoms with Crippen molar-refractivity contribution in [3.8, 4) is 5.75 Å². The van der Waals surface area contributed by atoms with Crippen LogP contribution in [-0.4, -0.2) is 27.4 Å². The first-order valence-corrected chi connectivity index (χ1v) is 8.55. The van der Waals surface area contributed by atoms with Gasteiger partial charge in [0.25, 0.3) is 0 Å². The van der Waals surface area contributed by atoms with Crippen molar-refractivity contribution in [2.75, 3.05) is 6.61 Å². The molecular weight excluding hydrogens is 300 g/mol. The van der Waals surface area contributed by atoms with Crippen molar-refractivity contribution in [2.24, 2.45) is 0 Å². The number of ether oxygens (including phenoxy) is 1. The second kappa shape index (κ2) is 7.49. The van der Waals surface area contributed by atoms with Crippen LogP contribution in [0.2, 0.25) is 0 Å². The normalized spacial score (nSPS) is 12.5. The van der Waals surface area contributed by atoms with E-state index in [0.29, 0.717) is 6.54 Å². The molecule has 0 radical (unpaired) electrons. The molecule has 1 heterocycles. The van der Waals surface area contributed by atoms with E-state index in [-0.39, 0.29) is 6.61 Å². The average molecular weight is 324 g/mol. The van der Waals surface area contributed by atoms with Crippen LogP contribution in [0.1, 0.15) is 25.2 Å². The van der Waals surface area contributed by atoms with Gasteiger partial charge in [0.15, 0.2) is 0 Å². The summed E-state index contributed by atoms with van der Waals surface area (Å²) < 4.78 is 7.80. The van der Waals surface area contributed by atoms with E-state index in [2.05, 4.69) is 35.5 Å². The zero-order chi connectivity index (χ0) is 16.9. The van der Waals surface area contributed by atoms with E-state index in [1.807, 2.05) is 36.4 Å². The fraction of sp³-hybridized carbons (Fsp3) is 0.350. The molecule has 0 aliphatic heterocycles. The van der Waals surface area contributed by atoms with Crippen molar-refractivity contribution in [1.82, 2.24) is 9.55 Å². The number of aliphatic hydroxyl groups is 1. The number of aryl methyl sites for hydroxylation is 2. The number of para-hydroxylation sites is 2. The molecule has 1 N–H and O–H groups in total. The van der Waals surface area contributed by atoms with Gasteiger partial charge in [-0.15, -0.1) is 0 Å². The molecule has 0 saturated carbocycles. The Hall–Kier alpha value is -2.33. The Morgan fingerprint density at radius 1 is 1.04 bits per heavy atom. The Bertz CT molecular complexity index is 793. The maximum absolute atomic E-state index is 10.4. The molecule has 0 saturated heterocycles. The second-order valence-corrected chi connectivity index (χ2v) is 5.94. The molecule has 1 atom stereocenters. The second-order valence-electron chi connectivity index (χ2n) is 5.94. The highest BCUT2D eigenvalue weighted by molar-refractivity contribution is 5.75. The molecule has 0 amide bonds. The van der Waals surface area contributed by atoms with Gasteiger partial charge in [-0.3, -0.25) is 0 Å². The summed E-state index contributed by atoms with van der Waals surface area (Å²) in [5.41, 5.74) is 3.30. The Balaban J connectivity index is 1.67. The fourth-order valence-electron chi connectivity index (χ4n) is 2.88. The third kappa shape index (κ3) is 3.60. The van der Waals surface area contributed by atoms with Crippen LogP contribution in [0.5, 0.6) is 5.75 Å². The van der Waals surface area contributed by atoms with Crippen molar-refractivity contribution >= 4 is 11.0 Å². The molecule has 2 aromatic carbocycles. The van der Waals surface area contributed by atoms with Crippen LogP contribution >= 0.6 is 0 Å². The van der Waals surface area contributed by atoms with Gasteiger partial charge in [0.05, 0.1) is 17.6 Å². The molecule has 3 aromatic rings. The molecule has 0 fully saturated rings. The number of hydrogen-bond acceptors (Lipinski definition) is 3. The van der Waals surface area contributed by atoms with E-state index in [9.17, 15) is 5.11 Å². The monoisotopic (exact) mass is 324 g/mol. The van der Waals surface area contributed by atoms with Crippen LogP contribution < -0.4 is 4.74 Å². The van der Waals surface area contributed by atoms with Gasteiger partial charge >= 0.3 is 0 Å². The molecule has 1 aromatic heterocycles. The molecular formula is C20H24N2O2. The van der Waals surface area contributed by atoms with Crippen molar-refractivity contribution in [2.45, 2.75) is 39.3 Å². The van der Waals surface area contributed by atoms with Gasteiger partial charge in [-0.25, -0.2) is 4.98 Å². The maximum atomic E-state index is 10.4. The van der Waals surface area contributed by atoms with E-state index in [0.717, 1.165) is 35.4 Å². The number of rotatable bonds is 7. The summed E-state index contributed by atoms with van der Waals surface area (Å²) in [5, 5.41) is 10.4. The maximum Gasteiger partial charge on any atom is 0.119 e. The quantitative estimate of drug-likeness (QED) is 0.722. The summed E-state index contributed by atoms with van der Waals surface area (Å²) in [6, 6.07) is 16.0. The van der Waals surface area contributed by atoms with Gasteiger partial charge in [-0.05, 0) is 36.2 Å². The van der Waals surface area contributed by atoms with Crippen LogP contribution in [0.4, 0.5) is 0 Å².